The third-order valence-electron chi connectivity index (χ3n) is 2.64. The number of halogens is 1. The minimum atomic E-state index is -1.13. The number of carboxylic acid groups (broad SMARTS) is 1. The molecule has 2 N–H and O–H groups in total. The molecule has 0 aliphatic rings. The van der Waals surface area contributed by atoms with Gasteiger partial charge >= 0.3 is 5.97 Å². The fourth-order valence-corrected chi connectivity index (χ4v) is 1.62. The van der Waals surface area contributed by atoms with Crippen LogP contribution >= 0.6 is 0 Å². The predicted octanol–water partition coefficient (Wildman–Crippen LogP) is 1.93. The maximum atomic E-state index is 13.6. The minimum Gasteiger partial charge on any atom is -0.497 e. The SMILES string of the molecule is COc1ccc(F)c(NCc2ncncc2C(=O)O)c1. The number of aromatic carboxylic acids is 1. The average Bonchev–Trinajstić information content (AvgIpc) is 2.46. The van der Waals surface area contributed by atoms with Crippen molar-refractivity contribution in [3.8, 4) is 5.75 Å². The number of carboxylic acids is 1. The molecule has 6 nitrogen and oxygen atoms in total. The van der Waals surface area contributed by atoms with Crippen LogP contribution < -0.4 is 10.1 Å². The Kier molecular flexibility index (Phi) is 4.09. The summed E-state index contributed by atoms with van der Waals surface area (Å²) in [6.07, 6.45) is 2.44. The smallest absolute Gasteiger partial charge is 0.339 e. The summed E-state index contributed by atoms with van der Waals surface area (Å²) in [4.78, 5) is 18.5. The van der Waals surface area contributed by atoms with Crippen molar-refractivity contribution in [2.45, 2.75) is 6.54 Å². The Balaban J connectivity index is 2.19. The maximum Gasteiger partial charge on any atom is 0.339 e. The van der Waals surface area contributed by atoms with E-state index in [0.717, 1.165) is 0 Å². The highest BCUT2D eigenvalue weighted by molar-refractivity contribution is 5.88. The summed E-state index contributed by atoms with van der Waals surface area (Å²) < 4.78 is 18.6. The molecule has 0 unspecified atom stereocenters. The van der Waals surface area contributed by atoms with E-state index < -0.39 is 11.8 Å². The number of carbonyl (C=O) groups is 1. The lowest BCUT2D eigenvalue weighted by Crippen LogP contribution is -2.10. The number of hydrogen-bond acceptors (Lipinski definition) is 5. The van der Waals surface area contributed by atoms with Crippen LogP contribution in [0.5, 0.6) is 5.75 Å². The molecule has 1 aromatic heterocycles. The first-order valence-electron chi connectivity index (χ1n) is 5.71. The second-order valence-corrected chi connectivity index (χ2v) is 3.89. The van der Waals surface area contributed by atoms with Crippen molar-refractivity contribution >= 4 is 11.7 Å². The summed E-state index contributed by atoms with van der Waals surface area (Å²) in [6, 6.07) is 4.24. The Bertz CT molecular complexity index is 634. The molecule has 104 valence electrons. The number of aromatic nitrogens is 2. The van der Waals surface area contributed by atoms with Gasteiger partial charge in [-0.1, -0.05) is 0 Å². The van der Waals surface area contributed by atoms with Crippen LogP contribution in [0.25, 0.3) is 0 Å². The standard InChI is InChI=1S/C13H12FN3O3/c1-20-8-2-3-10(14)11(4-8)16-6-12-9(13(18)19)5-15-7-17-12/h2-5,7,16H,6H2,1H3,(H,18,19). The number of nitrogens with one attached hydrogen (secondary N) is 1. The van der Waals surface area contributed by atoms with Crippen molar-refractivity contribution in [1.82, 2.24) is 9.97 Å². The quantitative estimate of drug-likeness (QED) is 0.868. The lowest BCUT2D eigenvalue weighted by atomic mass is 10.2. The zero-order valence-electron chi connectivity index (χ0n) is 10.6. The van der Waals surface area contributed by atoms with Gasteiger partial charge in [0, 0.05) is 12.3 Å². The molecule has 0 saturated heterocycles. The fourth-order valence-electron chi connectivity index (χ4n) is 1.62. The van der Waals surface area contributed by atoms with Crippen LogP contribution in [-0.4, -0.2) is 28.2 Å². The van der Waals surface area contributed by atoms with Crippen LogP contribution in [0.2, 0.25) is 0 Å². The fraction of sp³-hybridized carbons (Fsp3) is 0.154. The molecule has 0 amide bonds. The highest BCUT2D eigenvalue weighted by atomic mass is 19.1. The Morgan fingerprint density at radius 1 is 1.50 bits per heavy atom. The highest BCUT2D eigenvalue weighted by Gasteiger charge is 2.12. The van der Waals surface area contributed by atoms with Crippen LogP contribution in [0.1, 0.15) is 16.1 Å². The van der Waals surface area contributed by atoms with E-state index in [0.29, 0.717) is 5.75 Å². The van der Waals surface area contributed by atoms with Crippen LogP contribution in [0.4, 0.5) is 10.1 Å². The van der Waals surface area contributed by atoms with E-state index in [9.17, 15) is 9.18 Å². The molecule has 0 spiro atoms. The van der Waals surface area contributed by atoms with Crippen LogP contribution in [0.3, 0.4) is 0 Å². The highest BCUT2D eigenvalue weighted by Crippen LogP contribution is 2.21. The number of ether oxygens (including phenoxy) is 1. The van der Waals surface area contributed by atoms with E-state index in [1.54, 1.807) is 0 Å². The van der Waals surface area contributed by atoms with Gasteiger partial charge in [0.25, 0.3) is 0 Å². The summed E-state index contributed by atoms with van der Waals surface area (Å²) >= 11 is 0. The lowest BCUT2D eigenvalue weighted by Gasteiger charge is -2.10. The molecule has 0 saturated carbocycles. The molecule has 0 fully saturated rings. The second kappa shape index (κ2) is 5.96. The van der Waals surface area contributed by atoms with Gasteiger partial charge < -0.3 is 15.2 Å². The predicted molar refractivity (Wildman–Crippen MR) is 69.3 cm³/mol. The van der Waals surface area contributed by atoms with Crippen molar-refractivity contribution in [2.24, 2.45) is 0 Å². The number of benzene rings is 1. The van der Waals surface area contributed by atoms with E-state index in [-0.39, 0.29) is 23.5 Å². The number of anilines is 1. The van der Waals surface area contributed by atoms with Crippen LogP contribution in [0.15, 0.2) is 30.7 Å². The van der Waals surface area contributed by atoms with Crippen molar-refractivity contribution in [3.05, 3.63) is 47.8 Å². The van der Waals surface area contributed by atoms with Crippen molar-refractivity contribution in [1.29, 1.82) is 0 Å². The zero-order valence-corrected chi connectivity index (χ0v) is 10.6. The van der Waals surface area contributed by atoms with E-state index >= 15 is 0 Å². The summed E-state index contributed by atoms with van der Waals surface area (Å²) in [5.41, 5.74) is 0.456. The van der Waals surface area contributed by atoms with E-state index in [1.165, 1.54) is 37.8 Å². The zero-order chi connectivity index (χ0) is 14.5. The first-order chi connectivity index (χ1) is 9.61. The summed E-state index contributed by atoms with van der Waals surface area (Å²) in [5, 5.41) is 11.8. The molecule has 1 aromatic carbocycles. The Morgan fingerprint density at radius 3 is 3.00 bits per heavy atom. The minimum absolute atomic E-state index is 0.0247. The molecular weight excluding hydrogens is 265 g/mol. The Hall–Kier alpha value is -2.70. The number of hydrogen-bond donors (Lipinski definition) is 2. The lowest BCUT2D eigenvalue weighted by molar-refractivity contribution is 0.0694. The molecule has 1 heterocycles. The Labute approximate surface area is 114 Å². The van der Waals surface area contributed by atoms with Crippen LogP contribution in [0, 0.1) is 5.82 Å². The van der Waals surface area contributed by atoms with E-state index in [1.807, 2.05) is 0 Å². The Morgan fingerprint density at radius 2 is 2.30 bits per heavy atom. The average molecular weight is 277 g/mol. The number of rotatable bonds is 5. The molecule has 0 bridgehead atoms. The second-order valence-electron chi connectivity index (χ2n) is 3.89. The molecule has 2 rings (SSSR count). The van der Waals surface area contributed by atoms with Gasteiger partial charge in [-0.3, -0.25) is 0 Å². The first-order valence-corrected chi connectivity index (χ1v) is 5.71. The first kappa shape index (κ1) is 13.7. The molecule has 0 atom stereocenters. The van der Waals surface area contributed by atoms with Crippen molar-refractivity contribution in [2.75, 3.05) is 12.4 Å². The number of nitrogens with zero attached hydrogens (tertiary/aromatic N) is 2. The van der Waals surface area contributed by atoms with Crippen molar-refractivity contribution in [3.63, 3.8) is 0 Å². The van der Waals surface area contributed by atoms with Gasteiger partial charge in [0.15, 0.2) is 0 Å². The molecule has 2 aromatic rings. The van der Waals surface area contributed by atoms with Gasteiger partial charge in [0.05, 0.1) is 25.0 Å². The largest absolute Gasteiger partial charge is 0.497 e. The van der Waals surface area contributed by atoms with Crippen molar-refractivity contribution < 1.29 is 19.0 Å². The van der Waals surface area contributed by atoms with Gasteiger partial charge in [-0.05, 0) is 12.1 Å². The monoisotopic (exact) mass is 277 g/mol. The van der Waals surface area contributed by atoms with Gasteiger partial charge in [-0.15, -0.1) is 0 Å². The van der Waals surface area contributed by atoms with Gasteiger partial charge in [0.2, 0.25) is 0 Å². The molecule has 0 radical (unpaired) electrons. The van der Waals surface area contributed by atoms with E-state index in [4.69, 9.17) is 9.84 Å². The molecular formula is C13H12FN3O3. The number of methoxy groups -OCH3 is 1. The molecule has 0 aliphatic heterocycles. The van der Waals surface area contributed by atoms with Crippen LogP contribution in [-0.2, 0) is 6.54 Å². The van der Waals surface area contributed by atoms with Gasteiger partial charge in [-0.25, -0.2) is 19.2 Å². The molecule has 0 aliphatic carbocycles. The van der Waals surface area contributed by atoms with Gasteiger partial charge in [-0.2, -0.15) is 0 Å². The third-order valence-corrected chi connectivity index (χ3v) is 2.64. The third kappa shape index (κ3) is 3.00. The normalized spacial score (nSPS) is 10.1. The topological polar surface area (TPSA) is 84.3 Å². The summed E-state index contributed by atoms with van der Waals surface area (Å²) in [6.45, 7) is 0.0637. The summed E-state index contributed by atoms with van der Waals surface area (Å²) in [7, 11) is 1.48. The molecule has 7 heteroatoms. The maximum absolute atomic E-state index is 13.6. The van der Waals surface area contributed by atoms with E-state index in [2.05, 4.69) is 15.3 Å². The summed E-state index contributed by atoms with van der Waals surface area (Å²) in [5.74, 6) is -1.10. The molecule has 20 heavy (non-hydrogen) atoms. The van der Waals surface area contributed by atoms with Gasteiger partial charge in [0.1, 0.15) is 23.5 Å².